The van der Waals surface area contributed by atoms with E-state index in [1.54, 1.807) is 0 Å². The Hall–Kier alpha value is -1.88. The lowest BCUT2D eigenvalue weighted by Crippen LogP contribution is -1.99. The molecular formula is C14H17N3O2. The molecule has 1 aliphatic heterocycles. The molecule has 1 aromatic heterocycles. The SMILES string of the molecule is Cc1cccc(CNc2nnc(C3CCCO3)o2)c1. The molecule has 5 heteroatoms. The lowest BCUT2D eigenvalue weighted by molar-refractivity contribution is 0.0897. The Labute approximate surface area is 112 Å². The number of aryl methyl sites for hydroxylation is 1. The molecule has 5 nitrogen and oxygen atoms in total. The zero-order valence-corrected chi connectivity index (χ0v) is 10.9. The third-order valence-corrected chi connectivity index (χ3v) is 3.17. The second-order valence-electron chi connectivity index (χ2n) is 4.79. The molecule has 0 aliphatic carbocycles. The number of hydrogen-bond acceptors (Lipinski definition) is 5. The van der Waals surface area contributed by atoms with Crippen LogP contribution < -0.4 is 5.32 Å². The van der Waals surface area contributed by atoms with Crippen LogP contribution in [-0.2, 0) is 11.3 Å². The van der Waals surface area contributed by atoms with Gasteiger partial charge in [0, 0.05) is 13.2 Å². The van der Waals surface area contributed by atoms with Crippen LogP contribution in [0, 0.1) is 6.92 Å². The van der Waals surface area contributed by atoms with Crippen LogP contribution in [0.2, 0.25) is 0 Å². The first-order valence-electron chi connectivity index (χ1n) is 6.56. The molecular weight excluding hydrogens is 242 g/mol. The third kappa shape index (κ3) is 2.93. The Balaban J connectivity index is 1.61. The molecule has 0 saturated carbocycles. The van der Waals surface area contributed by atoms with Crippen LogP contribution in [0.15, 0.2) is 28.7 Å². The summed E-state index contributed by atoms with van der Waals surface area (Å²) >= 11 is 0. The fourth-order valence-electron chi connectivity index (χ4n) is 2.21. The molecule has 0 bridgehead atoms. The number of hydrogen-bond donors (Lipinski definition) is 1. The molecule has 1 N–H and O–H groups in total. The summed E-state index contributed by atoms with van der Waals surface area (Å²) in [5, 5.41) is 11.2. The van der Waals surface area contributed by atoms with E-state index in [0.29, 0.717) is 18.5 Å². The van der Waals surface area contributed by atoms with E-state index in [2.05, 4.69) is 40.6 Å². The van der Waals surface area contributed by atoms with Gasteiger partial charge >= 0.3 is 6.01 Å². The molecule has 2 aromatic rings. The minimum absolute atomic E-state index is 0.0259. The molecule has 1 fully saturated rings. The average Bonchev–Trinajstić information content (AvgIpc) is 3.07. The van der Waals surface area contributed by atoms with Gasteiger partial charge in [-0.2, -0.15) is 0 Å². The summed E-state index contributed by atoms with van der Waals surface area (Å²) in [6, 6.07) is 8.76. The Morgan fingerprint density at radius 1 is 1.37 bits per heavy atom. The zero-order valence-electron chi connectivity index (χ0n) is 10.9. The number of benzene rings is 1. The van der Waals surface area contributed by atoms with Gasteiger partial charge in [-0.15, -0.1) is 5.10 Å². The van der Waals surface area contributed by atoms with Gasteiger partial charge in [-0.25, -0.2) is 0 Å². The van der Waals surface area contributed by atoms with Crippen molar-refractivity contribution in [3.8, 4) is 0 Å². The van der Waals surface area contributed by atoms with Crippen molar-refractivity contribution in [3.05, 3.63) is 41.3 Å². The highest BCUT2D eigenvalue weighted by Gasteiger charge is 2.23. The topological polar surface area (TPSA) is 60.2 Å². The molecule has 1 aromatic carbocycles. The van der Waals surface area contributed by atoms with E-state index < -0.39 is 0 Å². The molecule has 19 heavy (non-hydrogen) atoms. The smallest absolute Gasteiger partial charge is 0.315 e. The maximum Gasteiger partial charge on any atom is 0.315 e. The predicted molar refractivity (Wildman–Crippen MR) is 70.7 cm³/mol. The first kappa shape index (κ1) is 12.2. The first-order chi connectivity index (χ1) is 9.31. The highest BCUT2D eigenvalue weighted by atomic mass is 16.5. The van der Waals surface area contributed by atoms with Crippen molar-refractivity contribution in [1.29, 1.82) is 0 Å². The van der Waals surface area contributed by atoms with Gasteiger partial charge in [0.2, 0.25) is 5.89 Å². The van der Waals surface area contributed by atoms with Crippen LogP contribution in [0.4, 0.5) is 6.01 Å². The number of nitrogens with zero attached hydrogens (tertiary/aromatic N) is 2. The number of rotatable bonds is 4. The van der Waals surface area contributed by atoms with Gasteiger partial charge in [0.1, 0.15) is 6.10 Å². The Morgan fingerprint density at radius 2 is 2.32 bits per heavy atom. The maximum absolute atomic E-state index is 5.56. The summed E-state index contributed by atoms with van der Waals surface area (Å²) < 4.78 is 11.1. The highest BCUT2D eigenvalue weighted by Crippen LogP contribution is 2.28. The molecule has 0 radical (unpaired) electrons. The summed E-state index contributed by atoms with van der Waals surface area (Å²) in [6.45, 7) is 3.53. The molecule has 1 saturated heterocycles. The quantitative estimate of drug-likeness (QED) is 0.914. The minimum Gasteiger partial charge on any atom is -0.405 e. The normalized spacial score (nSPS) is 18.7. The van der Waals surface area contributed by atoms with Gasteiger partial charge < -0.3 is 14.5 Å². The van der Waals surface area contributed by atoms with Crippen molar-refractivity contribution in [1.82, 2.24) is 10.2 Å². The van der Waals surface area contributed by atoms with Crippen LogP contribution in [0.3, 0.4) is 0 Å². The fourth-order valence-corrected chi connectivity index (χ4v) is 2.21. The van der Waals surface area contributed by atoms with Crippen LogP contribution in [0.25, 0.3) is 0 Å². The van der Waals surface area contributed by atoms with Gasteiger partial charge in [-0.3, -0.25) is 0 Å². The Kier molecular flexibility index (Phi) is 3.46. The van der Waals surface area contributed by atoms with E-state index in [9.17, 15) is 0 Å². The number of ether oxygens (including phenoxy) is 1. The highest BCUT2D eigenvalue weighted by molar-refractivity contribution is 5.27. The molecule has 100 valence electrons. The van der Waals surface area contributed by atoms with Gasteiger partial charge in [0.15, 0.2) is 0 Å². The Bertz CT molecular complexity index is 547. The molecule has 2 heterocycles. The maximum atomic E-state index is 5.56. The summed E-state index contributed by atoms with van der Waals surface area (Å²) in [6.07, 6.45) is 1.99. The van der Waals surface area contributed by atoms with Gasteiger partial charge in [0.05, 0.1) is 0 Å². The van der Waals surface area contributed by atoms with Crippen molar-refractivity contribution in [2.75, 3.05) is 11.9 Å². The van der Waals surface area contributed by atoms with Crippen LogP contribution >= 0.6 is 0 Å². The van der Waals surface area contributed by atoms with Gasteiger partial charge in [-0.05, 0) is 25.3 Å². The molecule has 0 amide bonds. The van der Waals surface area contributed by atoms with E-state index in [4.69, 9.17) is 9.15 Å². The van der Waals surface area contributed by atoms with Crippen molar-refractivity contribution in [3.63, 3.8) is 0 Å². The largest absolute Gasteiger partial charge is 0.405 e. The average molecular weight is 259 g/mol. The lowest BCUT2D eigenvalue weighted by atomic mass is 10.1. The van der Waals surface area contributed by atoms with Gasteiger partial charge in [0.25, 0.3) is 0 Å². The third-order valence-electron chi connectivity index (χ3n) is 3.17. The molecule has 0 spiro atoms. The van der Waals surface area contributed by atoms with Crippen LogP contribution in [0.1, 0.15) is 36.0 Å². The summed E-state index contributed by atoms with van der Waals surface area (Å²) in [4.78, 5) is 0. The molecule has 1 aliphatic rings. The first-order valence-corrected chi connectivity index (χ1v) is 6.56. The second kappa shape index (κ2) is 5.40. The fraction of sp³-hybridized carbons (Fsp3) is 0.429. The minimum atomic E-state index is -0.0259. The van der Waals surface area contributed by atoms with E-state index in [0.717, 1.165) is 19.4 Å². The van der Waals surface area contributed by atoms with E-state index >= 15 is 0 Å². The standard InChI is InChI=1S/C14H17N3O2/c1-10-4-2-5-11(8-10)9-15-14-17-16-13(19-14)12-6-3-7-18-12/h2,4-5,8,12H,3,6-7,9H2,1H3,(H,15,17). The monoisotopic (exact) mass is 259 g/mol. The number of aromatic nitrogens is 2. The number of anilines is 1. The van der Waals surface area contributed by atoms with E-state index in [-0.39, 0.29) is 6.10 Å². The molecule has 1 atom stereocenters. The zero-order chi connectivity index (χ0) is 13.1. The second-order valence-corrected chi connectivity index (χ2v) is 4.79. The van der Waals surface area contributed by atoms with Crippen LogP contribution in [-0.4, -0.2) is 16.8 Å². The van der Waals surface area contributed by atoms with Gasteiger partial charge in [-0.1, -0.05) is 34.9 Å². The predicted octanol–water partition coefficient (Wildman–Crippen LogP) is 2.84. The van der Waals surface area contributed by atoms with E-state index in [1.165, 1.54) is 11.1 Å². The van der Waals surface area contributed by atoms with Crippen molar-refractivity contribution in [2.45, 2.75) is 32.4 Å². The number of nitrogens with one attached hydrogen (secondary N) is 1. The molecule has 1 unspecified atom stereocenters. The lowest BCUT2D eigenvalue weighted by Gasteiger charge is -2.03. The molecule has 3 rings (SSSR count). The van der Waals surface area contributed by atoms with Crippen molar-refractivity contribution < 1.29 is 9.15 Å². The summed E-state index contributed by atoms with van der Waals surface area (Å²) in [5.41, 5.74) is 2.43. The van der Waals surface area contributed by atoms with Crippen molar-refractivity contribution in [2.24, 2.45) is 0 Å². The summed E-state index contributed by atoms with van der Waals surface area (Å²) in [5.74, 6) is 0.573. The van der Waals surface area contributed by atoms with Crippen molar-refractivity contribution >= 4 is 6.01 Å². The summed E-state index contributed by atoms with van der Waals surface area (Å²) in [7, 11) is 0. The van der Waals surface area contributed by atoms with E-state index in [1.807, 2.05) is 6.07 Å². The van der Waals surface area contributed by atoms with Crippen LogP contribution in [0.5, 0.6) is 0 Å². The Morgan fingerprint density at radius 3 is 3.11 bits per heavy atom.